The highest BCUT2D eigenvalue weighted by Gasteiger charge is 2.21. The molecule has 2 N–H and O–H groups in total. The zero-order valence-electron chi connectivity index (χ0n) is 15.2. The fourth-order valence-corrected chi connectivity index (χ4v) is 2.68. The molecule has 26 heavy (non-hydrogen) atoms. The van der Waals surface area contributed by atoms with Gasteiger partial charge in [-0.3, -0.25) is 9.36 Å². The third-order valence-electron chi connectivity index (χ3n) is 2.99. The molecule has 0 spiro atoms. The number of carbonyl (C=O) groups excluding carboxylic acids is 1. The van der Waals surface area contributed by atoms with Gasteiger partial charge >= 0.3 is 5.97 Å². The summed E-state index contributed by atoms with van der Waals surface area (Å²) in [5.74, 6) is -0.685. The Balaban J connectivity index is 0.00000163. The van der Waals surface area contributed by atoms with Crippen LogP contribution in [0, 0.1) is 0 Å². The second-order valence-corrected chi connectivity index (χ2v) is 5.89. The quantitative estimate of drug-likeness (QED) is 0.783. The first-order valence-electron chi connectivity index (χ1n) is 7.87. The van der Waals surface area contributed by atoms with Gasteiger partial charge in [0, 0.05) is 12.1 Å². The van der Waals surface area contributed by atoms with Gasteiger partial charge in [-0.1, -0.05) is 37.0 Å². The molecule has 0 aliphatic carbocycles. The maximum atomic E-state index is 12.6. The van der Waals surface area contributed by atoms with Gasteiger partial charge in [0.1, 0.15) is 17.9 Å². The Bertz CT molecular complexity index is 827. The number of rotatable bonds is 4. The fourth-order valence-electron chi connectivity index (χ4n) is 2.03. The molecular formula is C17H21Cl2N3O4. The number of benzene rings is 1. The van der Waals surface area contributed by atoms with Crippen molar-refractivity contribution >= 4 is 35.0 Å². The van der Waals surface area contributed by atoms with E-state index in [0.29, 0.717) is 5.75 Å². The number of hydrogen-bond donors (Lipinski definition) is 1. The van der Waals surface area contributed by atoms with Crippen LogP contribution in [0.2, 0.25) is 10.0 Å². The standard InChI is InChI=1S/C15H15Cl2N3O4.C2H6/c1-7(2)24-8-4-9(16)12(10(17)5-8)20-6-19-13(18)11(14(20)21)15(22)23-3;1-2/h4-7H,18H2,1-3H3;1-2H3. The lowest BCUT2D eigenvalue weighted by Gasteiger charge is -2.15. The van der Waals surface area contributed by atoms with Gasteiger partial charge in [-0.25, -0.2) is 9.78 Å². The highest BCUT2D eigenvalue weighted by atomic mass is 35.5. The number of esters is 1. The van der Waals surface area contributed by atoms with Crippen molar-refractivity contribution in [3.8, 4) is 11.4 Å². The van der Waals surface area contributed by atoms with E-state index in [-0.39, 0.29) is 27.7 Å². The van der Waals surface area contributed by atoms with E-state index in [2.05, 4.69) is 9.72 Å². The summed E-state index contributed by atoms with van der Waals surface area (Å²) in [6, 6.07) is 3.03. The van der Waals surface area contributed by atoms with Crippen molar-refractivity contribution in [3.63, 3.8) is 0 Å². The van der Waals surface area contributed by atoms with E-state index in [1.807, 2.05) is 27.7 Å². The van der Waals surface area contributed by atoms with Crippen LogP contribution < -0.4 is 16.0 Å². The molecule has 1 aromatic heterocycles. The first-order valence-corrected chi connectivity index (χ1v) is 8.63. The van der Waals surface area contributed by atoms with Gasteiger partial charge in [0.05, 0.1) is 28.9 Å². The number of nitrogen functional groups attached to an aromatic ring is 1. The Morgan fingerprint density at radius 2 is 1.77 bits per heavy atom. The van der Waals surface area contributed by atoms with Crippen molar-refractivity contribution in [3.05, 3.63) is 44.4 Å². The van der Waals surface area contributed by atoms with Gasteiger partial charge in [0.15, 0.2) is 5.56 Å². The molecule has 0 bridgehead atoms. The third-order valence-corrected chi connectivity index (χ3v) is 3.57. The number of nitrogens with two attached hydrogens (primary N) is 1. The Labute approximate surface area is 161 Å². The summed E-state index contributed by atoms with van der Waals surface area (Å²) in [4.78, 5) is 28.1. The monoisotopic (exact) mass is 401 g/mol. The normalized spacial score (nSPS) is 10.2. The molecule has 0 unspecified atom stereocenters. The minimum Gasteiger partial charge on any atom is -0.491 e. The van der Waals surface area contributed by atoms with Crippen molar-refractivity contribution < 1.29 is 14.3 Å². The predicted octanol–water partition coefficient (Wildman–Crippen LogP) is 3.72. The molecule has 0 saturated carbocycles. The van der Waals surface area contributed by atoms with Crippen LogP contribution in [-0.2, 0) is 4.74 Å². The summed E-state index contributed by atoms with van der Waals surface area (Å²) in [6.45, 7) is 7.71. The second-order valence-electron chi connectivity index (χ2n) is 5.07. The molecule has 0 atom stereocenters. The summed E-state index contributed by atoms with van der Waals surface area (Å²) in [6.07, 6.45) is 1.06. The molecule has 1 aromatic carbocycles. The maximum Gasteiger partial charge on any atom is 0.347 e. The smallest absolute Gasteiger partial charge is 0.347 e. The zero-order chi connectivity index (χ0) is 20.0. The predicted molar refractivity (Wildman–Crippen MR) is 103 cm³/mol. The van der Waals surface area contributed by atoms with E-state index in [4.69, 9.17) is 33.7 Å². The number of carbonyl (C=O) groups is 1. The SMILES string of the molecule is CC.COC(=O)c1c(N)ncn(-c2c(Cl)cc(OC(C)C)cc2Cl)c1=O. The van der Waals surface area contributed by atoms with Crippen molar-refractivity contribution in [2.24, 2.45) is 0 Å². The van der Waals surface area contributed by atoms with Crippen molar-refractivity contribution in [1.29, 1.82) is 0 Å². The molecular weight excluding hydrogens is 381 g/mol. The lowest BCUT2D eigenvalue weighted by atomic mass is 10.2. The van der Waals surface area contributed by atoms with E-state index in [9.17, 15) is 9.59 Å². The van der Waals surface area contributed by atoms with Crippen LogP contribution in [0.25, 0.3) is 5.69 Å². The van der Waals surface area contributed by atoms with Crippen LogP contribution in [0.3, 0.4) is 0 Å². The summed E-state index contributed by atoms with van der Waals surface area (Å²) in [7, 11) is 1.14. The molecule has 1 heterocycles. The number of halogens is 2. The van der Waals surface area contributed by atoms with E-state index in [1.165, 1.54) is 12.1 Å². The average Bonchev–Trinajstić information content (AvgIpc) is 2.57. The molecule has 0 aliphatic rings. The average molecular weight is 402 g/mol. The second kappa shape index (κ2) is 9.45. The molecule has 2 rings (SSSR count). The van der Waals surface area contributed by atoms with Crippen LogP contribution in [-0.4, -0.2) is 28.7 Å². The van der Waals surface area contributed by atoms with Crippen molar-refractivity contribution in [2.75, 3.05) is 12.8 Å². The molecule has 142 valence electrons. The van der Waals surface area contributed by atoms with Gasteiger partial charge in [0.2, 0.25) is 0 Å². The van der Waals surface area contributed by atoms with Crippen LogP contribution in [0.15, 0.2) is 23.3 Å². The van der Waals surface area contributed by atoms with E-state index in [1.54, 1.807) is 0 Å². The Morgan fingerprint density at radius 1 is 1.23 bits per heavy atom. The van der Waals surface area contributed by atoms with Gasteiger partial charge in [-0.15, -0.1) is 0 Å². The van der Waals surface area contributed by atoms with Crippen LogP contribution >= 0.6 is 23.2 Å². The Morgan fingerprint density at radius 3 is 2.23 bits per heavy atom. The first-order chi connectivity index (χ1) is 12.3. The number of ether oxygens (including phenoxy) is 2. The highest BCUT2D eigenvalue weighted by Crippen LogP contribution is 2.33. The molecule has 7 nitrogen and oxygen atoms in total. The first kappa shape index (κ1) is 21.8. The van der Waals surface area contributed by atoms with Gasteiger partial charge in [-0.05, 0) is 13.8 Å². The molecule has 2 aromatic rings. The molecule has 0 fully saturated rings. The number of nitrogens with zero attached hydrogens (tertiary/aromatic N) is 2. The third kappa shape index (κ3) is 4.68. The summed E-state index contributed by atoms with van der Waals surface area (Å²) in [5.41, 5.74) is 4.62. The Hall–Kier alpha value is -2.25. The van der Waals surface area contributed by atoms with Gasteiger partial charge in [-0.2, -0.15) is 0 Å². The minimum atomic E-state index is -0.897. The molecule has 9 heteroatoms. The molecule has 0 amide bonds. The number of aromatic nitrogens is 2. The zero-order valence-corrected chi connectivity index (χ0v) is 16.7. The van der Waals surface area contributed by atoms with Crippen LogP contribution in [0.5, 0.6) is 5.75 Å². The summed E-state index contributed by atoms with van der Waals surface area (Å²) < 4.78 is 11.1. The van der Waals surface area contributed by atoms with Crippen molar-refractivity contribution in [1.82, 2.24) is 9.55 Å². The number of hydrogen-bond acceptors (Lipinski definition) is 6. The highest BCUT2D eigenvalue weighted by molar-refractivity contribution is 6.38. The lowest BCUT2D eigenvalue weighted by molar-refractivity contribution is 0.0599. The molecule has 0 saturated heterocycles. The topological polar surface area (TPSA) is 96.4 Å². The van der Waals surface area contributed by atoms with E-state index in [0.717, 1.165) is 18.0 Å². The van der Waals surface area contributed by atoms with Gasteiger partial charge < -0.3 is 15.2 Å². The number of methoxy groups -OCH3 is 1. The van der Waals surface area contributed by atoms with Crippen LogP contribution in [0.1, 0.15) is 38.1 Å². The lowest BCUT2D eigenvalue weighted by Crippen LogP contribution is -2.28. The van der Waals surface area contributed by atoms with E-state index < -0.39 is 17.1 Å². The van der Waals surface area contributed by atoms with E-state index >= 15 is 0 Å². The minimum absolute atomic E-state index is 0.0742. The molecule has 0 aliphatic heterocycles. The fraction of sp³-hybridized carbons (Fsp3) is 0.353. The maximum absolute atomic E-state index is 12.6. The van der Waals surface area contributed by atoms with Crippen molar-refractivity contribution in [2.45, 2.75) is 33.8 Å². The van der Waals surface area contributed by atoms with Gasteiger partial charge in [0.25, 0.3) is 5.56 Å². The molecule has 0 radical (unpaired) electrons. The largest absolute Gasteiger partial charge is 0.491 e. The van der Waals surface area contributed by atoms with Crippen LogP contribution in [0.4, 0.5) is 5.82 Å². The summed E-state index contributed by atoms with van der Waals surface area (Å²) >= 11 is 12.5. The Kier molecular flexibility index (Phi) is 7.92. The summed E-state index contributed by atoms with van der Waals surface area (Å²) in [5, 5.41) is 0.310. The number of anilines is 1.